The van der Waals surface area contributed by atoms with E-state index in [9.17, 15) is 14.7 Å². The third kappa shape index (κ3) is 7.79. The first kappa shape index (κ1) is 27.1. The number of fused-ring (bicyclic) bond motifs is 1. The van der Waals surface area contributed by atoms with E-state index >= 15 is 0 Å². The van der Waals surface area contributed by atoms with Gasteiger partial charge < -0.3 is 24.2 Å². The lowest BCUT2D eigenvalue weighted by atomic mass is 9.89. The van der Waals surface area contributed by atoms with Gasteiger partial charge in [0.25, 0.3) is 0 Å². The molecule has 4 rings (SSSR count). The average Bonchev–Trinajstić information content (AvgIpc) is 3.41. The topological polar surface area (TPSA) is 85.3 Å². The molecule has 200 valence electrons. The lowest BCUT2D eigenvalue weighted by Gasteiger charge is -2.28. The number of ether oxygens (including phenoxy) is 3. The van der Waals surface area contributed by atoms with Crippen LogP contribution in [0.5, 0.6) is 17.2 Å². The normalized spacial score (nSPS) is 17.0. The molecule has 0 aliphatic carbocycles. The van der Waals surface area contributed by atoms with Crippen molar-refractivity contribution < 1.29 is 28.9 Å². The predicted octanol–water partition coefficient (Wildman–Crippen LogP) is 5.00. The molecule has 2 aliphatic heterocycles. The Balaban J connectivity index is 1.32. The molecular formula is C30H39NO6. The number of aliphatic hydroxyl groups excluding tert-OH is 1. The van der Waals surface area contributed by atoms with Crippen molar-refractivity contribution in [3.05, 3.63) is 53.6 Å². The Morgan fingerprint density at radius 3 is 2.38 bits per heavy atom. The van der Waals surface area contributed by atoms with Crippen LogP contribution in [0.15, 0.2) is 42.5 Å². The van der Waals surface area contributed by atoms with E-state index in [1.165, 1.54) is 0 Å². The number of hydrogen-bond acceptors (Lipinski definition) is 7. The van der Waals surface area contributed by atoms with Crippen LogP contribution < -0.4 is 14.2 Å². The molecule has 37 heavy (non-hydrogen) atoms. The van der Waals surface area contributed by atoms with Gasteiger partial charge >= 0.3 is 0 Å². The van der Waals surface area contributed by atoms with E-state index in [4.69, 9.17) is 14.2 Å². The highest BCUT2D eigenvalue weighted by Crippen LogP contribution is 2.36. The van der Waals surface area contributed by atoms with Gasteiger partial charge in [0, 0.05) is 37.3 Å². The van der Waals surface area contributed by atoms with E-state index in [1.807, 2.05) is 32.0 Å². The van der Waals surface area contributed by atoms with Gasteiger partial charge in [-0.05, 0) is 88.2 Å². The van der Waals surface area contributed by atoms with Gasteiger partial charge in [-0.25, -0.2) is 0 Å². The molecule has 1 N–H and O–H groups in total. The van der Waals surface area contributed by atoms with E-state index in [0.717, 1.165) is 37.2 Å². The number of benzene rings is 2. The van der Waals surface area contributed by atoms with Crippen molar-refractivity contribution in [3.63, 3.8) is 0 Å². The van der Waals surface area contributed by atoms with Crippen molar-refractivity contribution in [2.24, 2.45) is 5.92 Å². The fourth-order valence-electron chi connectivity index (χ4n) is 5.07. The standard InChI is InChI=1S/C30H39NO6/c1-21(2)37-26-11-8-22(9-12-26)27(33)7-5-6-25(32)18-24(20-31-14-3-4-15-31)30(34)23-10-13-28-29(19-23)36-17-16-35-28/h8-13,19,21,24,30,34H,3-7,14-18,20H2,1-2H3/t24-,30-/m1/s1. The molecule has 2 aliphatic rings. The SMILES string of the molecule is CC(C)Oc1ccc(C(=O)CCCC(=O)C[C@H](CN2CCCC2)[C@H](O)c2ccc3c(c2)OCCO3)cc1. The van der Waals surface area contributed by atoms with E-state index in [0.29, 0.717) is 56.1 Å². The van der Waals surface area contributed by atoms with Crippen molar-refractivity contribution in [1.29, 1.82) is 0 Å². The summed E-state index contributed by atoms with van der Waals surface area (Å²) in [6, 6.07) is 12.7. The van der Waals surface area contributed by atoms with Gasteiger partial charge in [-0.3, -0.25) is 9.59 Å². The summed E-state index contributed by atoms with van der Waals surface area (Å²) in [7, 11) is 0. The van der Waals surface area contributed by atoms with Gasteiger partial charge in [0.05, 0.1) is 12.2 Å². The third-order valence-electron chi connectivity index (χ3n) is 6.94. The molecule has 0 unspecified atom stereocenters. The zero-order valence-corrected chi connectivity index (χ0v) is 22.0. The fourth-order valence-corrected chi connectivity index (χ4v) is 5.07. The number of ketones is 2. The van der Waals surface area contributed by atoms with E-state index in [2.05, 4.69) is 4.90 Å². The molecule has 2 aromatic rings. The maximum atomic E-state index is 13.0. The Kier molecular flexibility index (Phi) is 9.58. The molecule has 0 aromatic heterocycles. The highest BCUT2D eigenvalue weighted by molar-refractivity contribution is 5.96. The summed E-state index contributed by atoms with van der Waals surface area (Å²) in [4.78, 5) is 27.9. The first-order chi connectivity index (χ1) is 17.9. The number of hydrogen-bond donors (Lipinski definition) is 1. The van der Waals surface area contributed by atoms with Crippen LogP contribution in [0.4, 0.5) is 0 Å². The molecule has 0 amide bonds. The summed E-state index contributed by atoms with van der Waals surface area (Å²) in [5.74, 6) is 1.93. The number of Topliss-reactive ketones (excluding diaryl/α,β-unsaturated/α-hetero) is 2. The molecule has 1 saturated heterocycles. The highest BCUT2D eigenvalue weighted by Gasteiger charge is 2.28. The summed E-state index contributed by atoms with van der Waals surface area (Å²) in [6.07, 6.45) is 3.01. The molecule has 2 heterocycles. The molecule has 2 aromatic carbocycles. The summed E-state index contributed by atoms with van der Waals surface area (Å²) < 4.78 is 16.9. The van der Waals surface area contributed by atoms with Gasteiger partial charge in [-0.1, -0.05) is 6.07 Å². The van der Waals surface area contributed by atoms with Gasteiger partial charge in [0.1, 0.15) is 24.7 Å². The minimum absolute atomic E-state index is 0.0221. The van der Waals surface area contributed by atoms with Crippen molar-refractivity contribution in [2.75, 3.05) is 32.8 Å². The minimum Gasteiger partial charge on any atom is -0.491 e. The molecule has 0 saturated carbocycles. The van der Waals surface area contributed by atoms with Gasteiger partial charge in [-0.2, -0.15) is 0 Å². The van der Waals surface area contributed by atoms with Crippen LogP contribution in [-0.2, 0) is 4.79 Å². The Morgan fingerprint density at radius 1 is 0.973 bits per heavy atom. The molecule has 0 radical (unpaired) electrons. The third-order valence-corrected chi connectivity index (χ3v) is 6.94. The van der Waals surface area contributed by atoms with Gasteiger partial charge in [-0.15, -0.1) is 0 Å². The first-order valence-corrected chi connectivity index (χ1v) is 13.5. The fraction of sp³-hybridized carbons (Fsp3) is 0.533. The molecule has 2 atom stereocenters. The van der Waals surface area contributed by atoms with Gasteiger partial charge in [0.2, 0.25) is 0 Å². The van der Waals surface area contributed by atoms with E-state index in [-0.39, 0.29) is 30.0 Å². The van der Waals surface area contributed by atoms with Crippen LogP contribution in [0.25, 0.3) is 0 Å². The number of carbonyl (C=O) groups excluding carboxylic acids is 2. The molecule has 0 bridgehead atoms. The molecular weight excluding hydrogens is 470 g/mol. The second-order valence-corrected chi connectivity index (χ2v) is 10.3. The van der Waals surface area contributed by atoms with Gasteiger partial charge in [0.15, 0.2) is 17.3 Å². The Bertz CT molecular complexity index is 1040. The minimum atomic E-state index is -0.784. The lowest BCUT2D eigenvalue weighted by molar-refractivity contribution is -0.121. The largest absolute Gasteiger partial charge is 0.491 e. The maximum Gasteiger partial charge on any atom is 0.162 e. The number of likely N-dealkylation sites (tertiary alicyclic amines) is 1. The molecule has 7 nitrogen and oxygen atoms in total. The Labute approximate surface area is 219 Å². The molecule has 0 spiro atoms. The van der Waals surface area contributed by atoms with Crippen LogP contribution in [0.1, 0.15) is 74.4 Å². The number of rotatable bonds is 13. The van der Waals surface area contributed by atoms with Crippen LogP contribution in [0.2, 0.25) is 0 Å². The zero-order chi connectivity index (χ0) is 26.2. The summed E-state index contributed by atoms with van der Waals surface area (Å²) >= 11 is 0. The van der Waals surface area contributed by atoms with Crippen molar-refractivity contribution in [2.45, 2.75) is 64.6 Å². The number of carbonyl (C=O) groups is 2. The van der Waals surface area contributed by atoms with E-state index < -0.39 is 6.10 Å². The second-order valence-electron chi connectivity index (χ2n) is 10.3. The number of nitrogens with zero attached hydrogens (tertiary/aromatic N) is 1. The molecule has 1 fully saturated rings. The maximum absolute atomic E-state index is 13.0. The van der Waals surface area contributed by atoms with Crippen LogP contribution in [0, 0.1) is 5.92 Å². The first-order valence-electron chi connectivity index (χ1n) is 13.5. The summed E-state index contributed by atoms with van der Waals surface area (Å²) in [6.45, 7) is 7.58. The quantitative estimate of drug-likeness (QED) is 0.380. The van der Waals surface area contributed by atoms with Crippen LogP contribution in [-0.4, -0.2) is 60.5 Å². The monoisotopic (exact) mass is 509 g/mol. The van der Waals surface area contributed by atoms with Crippen LogP contribution in [0.3, 0.4) is 0 Å². The predicted molar refractivity (Wildman–Crippen MR) is 142 cm³/mol. The zero-order valence-electron chi connectivity index (χ0n) is 22.0. The second kappa shape index (κ2) is 13.1. The Hall–Kier alpha value is -2.90. The van der Waals surface area contributed by atoms with Crippen molar-refractivity contribution in [1.82, 2.24) is 4.90 Å². The van der Waals surface area contributed by atoms with Crippen LogP contribution >= 0.6 is 0 Å². The Morgan fingerprint density at radius 2 is 1.68 bits per heavy atom. The average molecular weight is 510 g/mol. The number of aliphatic hydroxyl groups is 1. The lowest BCUT2D eigenvalue weighted by Crippen LogP contribution is -2.31. The smallest absolute Gasteiger partial charge is 0.162 e. The highest BCUT2D eigenvalue weighted by atomic mass is 16.6. The summed E-state index contributed by atoms with van der Waals surface area (Å²) in [5, 5.41) is 11.3. The van der Waals surface area contributed by atoms with E-state index in [1.54, 1.807) is 24.3 Å². The van der Waals surface area contributed by atoms with Crippen molar-refractivity contribution >= 4 is 11.6 Å². The summed E-state index contributed by atoms with van der Waals surface area (Å²) in [5.41, 5.74) is 1.37. The molecule has 7 heteroatoms. The van der Waals surface area contributed by atoms with Crippen molar-refractivity contribution in [3.8, 4) is 17.2 Å².